The molecule has 0 aliphatic rings. The number of aliphatic hydroxyl groups is 1. The van der Waals surface area contributed by atoms with Gasteiger partial charge in [-0.2, -0.15) is 4.98 Å². The van der Waals surface area contributed by atoms with Crippen LogP contribution in [-0.2, 0) is 20.7 Å². The van der Waals surface area contributed by atoms with E-state index in [2.05, 4.69) is 20.3 Å². The molecule has 2 heterocycles. The number of aromatic nitrogens is 3. The van der Waals surface area contributed by atoms with Gasteiger partial charge in [-0.3, -0.25) is 9.78 Å². The Morgan fingerprint density at radius 2 is 2.03 bits per heavy atom. The standard InChI is InChI=1S/C20H28ClN5O5/c1-6-31-15(28)7-12-18(21)25-20(22)26-19(12)24-13(8-14(27)29-4)16-11(3)17(30-5)10(2)9-23-16/h9,13-14,27H,6-8H2,1-5H3,(H3,22,24,25,26). The summed E-state index contributed by atoms with van der Waals surface area (Å²) in [4.78, 5) is 24.8. The molecule has 0 radical (unpaired) electrons. The number of carbonyl (C=O) groups excluding carboxylic acids is 1. The molecule has 0 fully saturated rings. The number of anilines is 2. The van der Waals surface area contributed by atoms with Gasteiger partial charge in [-0.25, -0.2) is 4.98 Å². The number of halogens is 1. The maximum absolute atomic E-state index is 12.1. The summed E-state index contributed by atoms with van der Waals surface area (Å²) in [5, 5.41) is 13.4. The number of aryl methyl sites for hydroxylation is 1. The van der Waals surface area contributed by atoms with Gasteiger partial charge >= 0.3 is 5.97 Å². The van der Waals surface area contributed by atoms with E-state index in [0.29, 0.717) is 17.0 Å². The Morgan fingerprint density at radius 3 is 2.65 bits per heavy atom. The van der Waals surface area contributed by atoms with Crippen molar-refractivity contribution in [3.05, 3.63) is 33.7 Å². The highest BCUT2D eigenvalue weighted by Gasteiger charge is 2.25. The van der Waals surface area contributed by atoms with Crippen LogP contribution in [0.4, 0.5) is 11.8 Å². The van der Waals surface area contributed by atoms with Crippen LogP contribution in [0.25, 0.3) is 0 Å². The maximum Gasteiger partial charge on any atom is 0.310 e. The van der Waals surface area contributed by atoms with Crippen LogP contribution in [-0.4, -0.2) is 53.1 Å². The highest BCUT2D eigenvalue weighted by Crippen LogP contribution is 2.33. The number of nitrogen functional groups attached to an aromatic ring is 1. The van der Waals surface area contributed by atoms with Crippen LogP contribution in [0.2, 0.25) is 5.15 Å². The van der Waals surface area contributed by atoms with Crippen molar-refractivity contribution >= 4 is 29.3 Å². The van der Waals surface area contributed by atoms with Crippen LogP contribution in [0.15, 0.2) is 6.20 Å². The first kappa shape index (κ1) is 24.6. The summed E-state index contributed by atoms with van der Waals surface area (Å²) in [6.07, 6.45) is 0.555. The van der Waals surface area contributed by atoms with Crippen molar-refractivity contribution in [1.29, 1.82) is 0 Å². The Bertz CT molecular complexity index is 927. The number of nitrogens with two attached hydrogens (primary N) is 1. The molecule has 170 valence electrons. The molecule has 0 bridgehead atoms. The monoisotopic (exact) mass is 453 g/mol. The molecule has 0 aromatic carbocycles. The zero-order valence-corrected chi connectivity index (χ0v) is 19.0. The average molecular weight is 454 g/mol. The number of hydrogen-bond acceptors (Lipinski definition) is 10. The Hall–Kier alpha value is -2.69. The number of pyridine rings is 1. The van der Waals surface area contributed by atoms with Gasteiger partial charge in [-0.15, -0.1) is 0 Å². The summed E-state index contributed by atoms with van der Waals surface area (Å²) < 4.78 is 15.6. The van der Waals surface area contributed by atoms with Gasteiger partial charge < -0.3 is 30.4 Å². The number of nitrogens with one attached hydrogen (secondary N) is 1. The molecule has 0 saturated carbocycles. The van der Waals surface area contributed by atoms with Gasteiger partial charge in [0.1, 0.15) is 16.7 Å². The molecule has 2 aromatic rings. The summed E-state index contributed by atoms with van der Waals surface area (Å²) in [6.45, 7) is 5.68. The van der Waals surface area contributed by atoms with Gasteiger partial charge in [0.15, 0.2) is 6.29 Å². The number of ether oxygens (including phenoxy) is 3. The fourth-order valence-corrected chi connectivity index (χ4v) is 3.45. The normalized spacial score (nSPS) is 12.9. The molecular weight excluding hydrogens is 426 g/mol. The van der Waals surface area contributed by atoms with Crippen molar-refractivity contribution < 1.29 is 24.1 Å². The number of hydrogen-bond donors (Lipinski definition) is 3. The van der Waals surface area contributed by atoms with Crippen molar-refractivity contribution in [2.75, 3.05) is 31.9 Å². The van der Waals surface area contributed by atoms with E-state index in [1.54, 1.807) is 20.2 Å². The third-order valence-corrected chi connectivity index (χ3v) is 4.95. The third kappa shape index (κ3) is 6.16. The molecule has 2 aromatic heterocycles. The smallest absolute Gasteiger partial charge is 0.310 e. The Kier molecular flexibility index (Phi) is 8.78. The molecular formula is C20H28ClN5O5. The molecule has 4 N–H and O–H groups in total. The van der Waals surface area contributed by atoms with Crippen LogP contribution in [0.5, 0.6) is 5.75 Å². The second-order valence-electron chi connectivity index (χ2n) is 6.79. The number of esters is 1. The predicted octanol–water partition coefficient (Wildman–Crippen LogP) is 2.35. The van der Waals surface area contributed by atoms with Crippen molar-refractivity contribution in [3.8, 4) is 5.75 Å². The maximum atomic E-state index is 12.1. The van der Waals surface area contributed by atoms with E-state index in [4.69, 9.17) is 31.5 Å². The zero-order chi connectivity index (χ0) is 23.1. The average Bonchev–Trinajstić information content (AvgIpc) is 2.70. The summed E-state index contributed by atoms with van der Waals surface area (Å²) in [6, 6.07) is -0.573. The topological polar surface area (TPSA) is 142 Å². The molecule has 0 spiro atoms. The molecule has 31 heavy (non-hydrogen) atoms. The molecule has 10 nitrogen and oxygen atoms in total. The van der Waals surface area contributed by atoms with Crippen molar-refractivity contribution in [2.45, 2.75) is 45.9 Å². The van der Waals surface area contributed by atoms with E-state index in [1.165, 1.54) is 7.11 Å². The molecule has 0 saturated heterocycles. The van der Waals surface area contributed by atoms with Crippen LogP contribution < -0.4 is 15.8 Å². The molecule has 2 unspecified atom stereocenters. The van der Waals surface area contributed by atoms with E-state index >= 15 is 0 Å². The first-order chi connectivity index (χ1) is 14.7. The van der Waals surface area contributed by atoms with Gasteiger partial charge in [0.05, 0.1) is 31.9 Å². The number of carbonyl (C=O) groups is 1. The highest BCUT2D eigenvalue weighted by atomic mass is 35.5. The van der Waals surface area contributed by atoms with E-state index in [0.717, 1.165) is 11.1 Å². The Morgan fingerprint density at radius 1 is 1.32 bits per heavy atom. The Balaban J connectivity index is 2.52. The van der Waals surface area contributed by atoms with E-state index in [9.17, 15) is 9.90 Å². The Labute approximate surface area is 186 Å². The minimum atomic E-state index is -1.09. The third-order valence-electron chi connectivity index (χ3n) is 4.64. The molecule has 11 heteroatoms. The molecule has 2 atom stereocenters. The first-order valence-electron chi connectivity index (χ1n) is 9.66. The number of aliphatic hydroxyl groups excluding tert-OH is 1. The minimum Gasteiger partial charge on any atom is -0.496 e. The molecule has 2 rings (SSSR count). The fourth-order valence-electron chi connectivity index (χ4n) is 3.21. The number of methoxy groups -OCH3 is 2. The second-order valence-corrected chi connectivity index (χ2v) is 7.15. The SMILES string of the molecule is CCOC(=O)Cc1c(Cl)nc(N)nc1NC(CC(O)OC)c1ncc(C)c(OC)c1C. The van der Waals surface area contributed by atoms with Crippen LogP contribution in [0.3, 0.4) is 0 Å². The lowest BCUT2D eigenvalue weighted by atomic mass is 10.0. The summed E-state index contributed by atoms with van der Waals surface area (Å²) in [5.74, 6) is 0.355. The highest BCUT2D eigenvalue weighted by molar-refractivity contribution is 6.30. The van der Waals surface area contributed by atoms with Gasteiger partial charge in [0.25, 0.3) is 0 Å². The lowest BCUT2D eigenvalue weighted by Crippen LogP contribution is -2.24. The van der Waals surface area contributed by atoms with Gasteiger partial charge in [-0.1, -0.05) is 11.6 Å². The van der Waals surface area contributed by atoms with Crippen LogP contribution in [0, 0.1) is 13.8 Å². The first-order valence-corrected chi connectivity index (χ1v) is 10.0. The lowest BCUT2D eigenvalue weighted by molar-refractivity contribution is -0.142. The summed E-state index contributed by atoms with van der Waals surface area (Å²) in [5.41, 5.74) is 8.36. The minimum absolute atomic E-state index is 0.0280. The van der Waals surface area contributed by atoms with Crippen LogP contribution in [0.1, 0.15) is 41.8 Å². The molecule has 0 aliphatic heterocycles. The van der Waals surface area contributed by atoms with Crippen molar-refractivity contribution in [2.24, 2.45) is 0 Å². The summed E-state index contributed by atoms with van der Waals surface area (Å²) >= 11 is 6.25. The number of rotatable bonds is 10. The molecule has 0 amide bonds. The molecule has 0 aliphatic carbocycles. The van der Waals surface area contributed by atoms with Crippen molar-refractivity contribution in [3.63, 3.8) is 0 Å². The van der Waals surface area contributed by atoms with Gasteiger partial charge in [0.2, 0.25) is 5.95 Å². The van der Waals surface area contributed by atoms with Gasteiger partial charge in [-0.05, 0) is 20.8 Å². The zero-order valence-electron chi connectivity index (χ0n) is 18.2. The van der Waals surface area contributed by atoms with E-state index in [1.807, 2.05) is 13.8 Å². The predicted molar refractivity (Wildman–Crippen MR) is 116 cm³/mol. The fraction of sp³-hybridized carbons (Fsp3) is 0.500. The quantitative estimate of drug-likeness (QED) is 0.278. The van der Waals surface area contributed by atoms with E-state index in [-0.39, 0.29) is 36.4 Å². The van der Waals surface area contributed by atoms with Crippen molar-refractivity contribution in [1.82, 2.24) is 15.0 Å². The second kappa shape index (κ2) is 11.1. The number of nitrogens with zero attached hydrogens (tertiary/aromatic N) is 3. The summed E-state index contributed by atoms with van der Waals surface area (Å²) in [7, 11) is 2.97. The van der Waals surface area contributed by atoms with Gasteiger partial charge in [0, 0.05) is 36.4 Å². The van der Waals surface area contributed by atoms with E-state index < -0.39 is 18.3 Å². The van der Waals surface area contributed by atoms with Crippen LogP contribution >= 0.6 is 11.6 Å². The largest absolute Gasteiger partial charge is 0.496 e. The lowest BCUT2D eigenvalue weighted by Gasteiger charge is -2.25.